The van der Waals surface area contributed by atoms with Crippen LogP contribution in [0.5, 0.6) is 23.0 Å². The molecule has 1 N–H and O–H groups in total. The minimum Gasteiger partial charge on any atom is -0.493 e. The van der Waals surface area contributed by atoms with E-state index in [1.165, 1.54) is 36.1 Å². The summed E-state index contributed by atoms with van der Waals surface area (Å²) in [5.41, 5.74) is -0.0474. The number of carbonyl (C=O) groups is 1. The Kier molecular flexibility index (Phi) is 7.57. The molecular formula is C24H18Cl2N4O6. The number of nitrogens with zero attached hydrogens (tertiary/aromatic N) is 3. The molecule has 0 aliphatic heterocycles. The van der Waals surface area contributed by atoms with Gasteiger partial charge >= 0.3 is 0 Å². The van der Waals surface area contributed by atoms with Crippen LogP contribution in [-0.4, -0.2) is 27.7 Å². The van der Waals surface area contributed by atoms with Crippen LogP contribution in [0.1, 0.15) is 10.5 Å². The van der Waals surface area contributed by atoms with Crippen molar-refractivity contribution in [3.8, 4) is 23.0 Å². The van der Waals surface area contributed by atoms with Crippen molar-refractivity contribution >= 4 is 40.5 Å². The molecule has 1 heterocycles. The van der Waals surface area contributed by atoms with Crippen LogP contribution in [0, 0.1) is 10.1 Å². The molecule has 10 nitrogen and oxygen atoms in total. The van der Waals surface area contributed by atoms with Gasteiger partial charge in [0.15, 0.2) is 23.9 Å². The summed E-state index contributed by atoms with van der Waals surface area (Å²) in [5.74, 6) is 0.770. The molecule has 3 aromatic carbocycles. The third-order valence-corrected chi connectivity index (χ3v) is 5.31. The van der Waals surface area contributed by atoms with Gasteiger partial charge in [0.05, 0.1) is 28.8 Å². The standard InChI is InChI=1S/C24H18Cl2N4O6/c1-34-22-4-2-3-5-23(22)36-18-12-16(11-17(13-18)30(32)33)27-24(31)20-8-9-29(28-20)14-35-21-7-6-15(25)10-19(21)26/h2-13H,14H2,1H3,(H,27,31). The van der Waals surface area contributed by atoms with Crippen LogP contribution in [0.4, 0.5) is 11.4 Å². The number of amides is 1. The second-order valence-corrected chi connectivity index (χ2v) is 8.11. The number of rotatable bonds is 9. The second kappa shape index (κ2) is 11.0. The summed E-state index contributed by atoms with van der Waals surface area (Å²) in [5, 5.41) is 19.0. The quantitative estimate of drug-likeness (QED) is 0.203. The number of para-hydroxylation sites is 2. The number of methoxy groups -OCH3 is 1. The van der Waals surface area contributed by atoms with Crippen molar-refractivity contribution in [2.75, 3.05) is 12.4 Å². The summed E-state index contributed by atoms with van der Waals surface area (Å²) >= 11 is 12.0. The first-order chi connectivity index (χ1) is 17.3. The monoisotopic (exact) mass is 528 g/mol. The minimum absolute atomic E-state index is 0.0116. The Labute approximate surface area is 215 Å². The number of halogens is 2. The third-order valence-electron chi connectivity index (χ3n) is 4.78. The number of ether oxygens (including phenoxy) is 3. The number of nitro groups is 1. The van der Waals surface area contributed by atoms with E-state index in [0.29, 0.717) is 27.3 Å². The molecule has 36 heavy (non-hydrogen) atoms. The van der Waals surface area contributed by atoms with Crippen LogP contribution in [-0.2, 0) is 6.73 Å². The van der Waals surface area contributed by atoms with E-state index in [1.807, 2.05) is 0 Å². The Morgan fingerprint density at radius 3 is 2.56 bits per heavy atom. The van der Waals surface area contributed by atoms with Gasteiger partial charge in [-0.15, -0.1) is 0 Å². The predicted molar refractivity (Wildman–Crippen MR) is 133 cm³/mol. The van der Waals surface area contributed by atoms with Crippen molar-refractivity contribution < 1.29 is 23.9 Å². The lowest BCUT2D eigenvalue weighted by Gasteiger charge is -2.11. The summed E-state index contributed by atoms with van der Waals surface area (Å²) in [4.78, 5) is 23.6. The lowest BCUT2D eigenvalue weighted by Crippen LogP contribution is -2.14. The maximum absolute atomic E-state index is 12.8. The zero-order valence-corrected chi connectivity index (χ0v) is 20.2. The molecule has 0 atom stereocenters. The minimum atomic E-state index is -0.585. The van der Waals surface area contributed by atoms with Crippen LogP contribution in [0.2, 0.25) is 10.0 Å². The van der Waals surface area contributed by atoms with E-state index in [-0.39, 0.29) is 29.5 Å². The highest BCUT2D eigenvalue weighted by Gasteiger charge is 2.16. The molecule has 4 rings (SSSR count). The molecule has 0 aliphatic rings. The molecular weight excluding hydrogens is 511 g/mol. The molecule has 0 bridgehead atoms. The number of benzene rings is 3. The average molecular weight is 529 g/mol. The van der Waals surface area contributed by atoms with Gasteiger partial charge in [-0.25, -0.2) is 4.68 Å². The first kappa shape index (κ1) is 24.8. The van der Waals surface area contributed by atoms with Crippen LogP contribution in [0.3, 0.4) is 0 Å². The van der Waals surface area contributed by atoms with Crippen molar-refractivity contribution in [3.05, 3.63) is 98.8 Å². The zero-order valence-electron chi connectivity index (χ0n) is 18.7. The Bertz CT molecular complexity index is 1430. The normalized spacial score (nSPS) is 10.5. The molecule has 0 radical (unpaired) electrons. The van der Waals surface area contributed by atoms with Gasteiger partial charge in [0.2, 0.25) is 0 Å². The number of carbonyl (C=O) groups excluding carboxylic acids is 1. The smallest absolute Gasteiger partial charge is 0.276 e. The van der Waals surface area contributed by atoms with Gasteiger partial charge in [0.1, 0.15) is 11.5 Å². The summed E-state index contributed by atoms with van der Waals surface area (Å²) in [6.07, 6.45) is 1.54. The summed E-state index contributed by atoms with van der Waals surface area (Å²) in [7, 11) is 1.48. The fourth-order valence-corrected chi connectivity index (χ4v) is 3.59. The molecule has 1 aromatic heterocycles. The zero-order chi connectivity index (χ0) is 25.7. The molecule has 0 saturated carbocycles. The van der Waals surface area contributed by atoms with Gasteiger partial charge in [0.25, 0.3) is 11.6 Å². The van der Waals surface area contributed by atoms with E-state index in [0.717, 1.165) is 0 Å². The van der Waals surface area contributed by atoms with Gasteiger partial charge in [0, 0.05) is 23.4 Å². The van der Waals surface area contributed by atoms with Crippen molar-refractivity contribution in [1.82, 2.24) is 9.78 Å². The number of nitro benzene ring substituents is 1. The predicted octanol–water partition coefficient (Wildman–Crippen LogP) is 6.19. The number of hydrogen-bond donors (Lipinski definition) is 1. The highest BCUT2D eigenvalue weighted by atomic mass is 35.5. The number of anilines is 1. The third kappa shape index (κ3) is 6.04. The summed E-state index contributed by atoms with van der Waals surface area (Å²) in [6, 6.07) is 17.0. The van der Waals surface area contributed by atoms with E-state index < -0.39 is 10.8 Å². The fraction of sp³-hybridized carbons (Fsp3) is 0.0833. The summed E-state index contributed by atoms with van der Waals surface area (Å²) in [6.45, 7) is -0.0116. The molecule has 4 aromatic rings. The Morgan fingerprint density at radius 2 is 1.83 bits per heavy atom. The van der Waals surface area contributed by atoms with Gasteiger partial charge in [-0.05, 0) is 36.4 Å². The lowest BCUT2D eigenvalue weighted by atomic mass is 10.2. The Morgan fingerprint density at radius 1 is 1.06 bits per heavy atom. The van der Waals surface area contributed by atoms with Gasteiger partial charge in [-0.3, -0.25) is 14.9 Å². The van der Waals surface area contributed by atoms with E-state index in [9.17, 15) is 14.9 Å². The highest BCUT2D eigenvalue weighted by molar-refractivity contribution is 6.35. The lowest BCUT2D eigenvalue weighted by molar-refractivity contribution is -0.384. The van der Waals surface area contributed by atoms with Crippen molar-refractivity contribution in [2.24, 2.45) is 0 Å². The second-order valence-electron chi connectivity index (χ2n) is 7.27. The van der Waals surface area contributed by atoms with Crippen LogP contribution < -0.4 is 19.5 Å². The fourth-order valence-electron chi connectivity index (χ4n) is 3.13. The largest absolute Gasteiger partial charge is 0.493 e. The van der Waals surface area contributed by atoms with Crippen molar-refractivity contribution in [3.63, 3.8) is 0 Å². The maximum Gasteiger partial charge on any atom is 0.276 e. The average Bonchev–Trinajstić information content (AvgIpc) is 3.33. The van der Waals surface area contributed by atoms with Crippen LogP contribution in [0.15, 0.2) is 72.9 Å². The first-order valence-corrected chi connectivity index (χ1v) is 11.1. The number of nitrogens with one attached hydrogen (secondary N) is 1. The van der Waals surface area contributed by atoms with E-state index in [4.69, 9.17) is 37.4 Å². The van der Waals surface area contributed by atoms with Crippen LogP contribution in [0.25, 0.3) is 0 Å². The van der Waals surface area contributed by atoms with Crippen molar-refractivity contribution in [2.45, 2.75) is 6.73 Å². The number of hydrogen-bond acceptors (Lipinski definition) is 7. The molecule has 0 aliphatic carbocycles. The van der Waals surface area contributed by atoms with Gasteiger partial charge in [-0.2, -0.15) is 5.10 Å². The van der Waals surface area contributed by atoms with E-state index in [1.54, 1.807) is 48.7 Å². The number of aromatic nitrogens is 2. The molecule has 1 amide bonds. The molecule has 0 spiro atoms. The number of non-ortho nitro benzene ring substituents is 1. The van der Waals surface area contributed by atoms with Crippen LogP contribution >= 0.6 is 23.2 Å². The molecule has 184 valence electrons. The maximum atomic E-state index is 12.8. The Balaban J connectivity index is 1.48. The van der Waals surface area contributed by atoms with Gasteiger partial charge in [-0.1, -0.05) is 35.3 Å². The summed E-state index contributed by atoms with van der Waals surface area (Å²) < 4.78 is 18.0. The molecule has 12 heteroatoms. The molecule has 0 saturated heterocycles. The van der Waals surface area contributed by atoms with Gasteiger partial charge < -0.3 is 19.5 Å². The highest BCUT2D eigenvalue weighted by Crippen LogP contribution is 2.34. The van der Waals surface area contributed by atoms with E-state index >= 15 is 0 Å². The van der Waals surface area contributed by atoms with E-state index in [2.05, 4.69) is 10.4 Å². The SMILES string of the molecule is COc1ccccc1Oc1cc(NC(=O)c2ccn(COc3ccc(Cl)cc3Cl)n2)cc([N+](=O)[O-])c1. The Hall–Kier alpha value is -4.28. The molecule has 0 unspecified atom stereocenters. The first-order valence-electron chi connectivity index (χ1n) is 10.4. The molecule has 0 fully saturated rings. The topological polar surface area (TPSA) is 118 Å². The van der Waals surface area contributed by atoms with Crippen molar-refractivity contribution in [1.29, 1.82) is 0 Å².